The fourth-order valence-corrected chi connectivity index (χ4v) is 2.65. The first kappa shape index (κ1) is 16.1. The van der Waals surface area contributed by atoms with Gasteiger partial charge in [0.1, 0.15) is 16.8 Å². The minimum Gasteiger partial charge on any atom is -0.445 e. The number of carbonyl (C=O) groups excluding carboxylic acids is 1. The van der Waals surface area contributed by atoms with Crippen LogP contribution in [0.5, 0.6) is 0 Å². The number of halogens is 1. The van der Waals surface area contributed by atoms with Crippen LogP contribution in [0.3, 0.4) is 0 Å². The molecule has 1 N–H and O–H groups in total. The highest BCUT2D eigenvalue weighted by atomic mass is 35.5. The maximum Gasteiger partial charge on any atom is 0.407 e. The number of amides is 1. The number of hydrogen-bond acceptors (Lipinski definition) is 5. The third-order valence-corrected chi connectivity index (χ3v) is 4.06. The number of nitrogens with zero attached hydrogens (tertiary/aromatic N) is 2. The Balaban J connectivity index is 1.61. The molecule has 5 nitrogen and oxygen atoms in total. The molecule has 0 saturated heterocycles. The molecule has 0 aliphatic rings. The van der Waals surface area contributed by atoms with Gasteiger partial charge in [-0.05, 0) is 18.4 Å². The molecule has 0 bridgehead atoms. The highest BCUT2D eigenvalue weighted by Crippen LogP contribution is 2.20. The van der Waals surface area contributed by atoms with E-state index in [1.54, 1.807) is 6.07 Å². The lowest BCUT2D eigenvalue weighted by Gasteiger charge is -2.06. The van der Waals surface area contributed by atoms with Crippen LogP contribution in [0.4, 0.5) is 4.79 Å². The maximum atomic E-state index is 11.5. The Morgan fingerprint density at radius 3 is 2.86 bits per heavy atom. The number of alkyl carbamates (subject to hydrolysis) is 1. The van der Waals surface area contributed by atoms with Crippen molar-refractivity contribution >= 4 is 42.3 Å². The summed E-state index contributed by atoms with van der Waals surface area (Å²) in [7, 11) is 0. The fourth-order valence-electron chi connectivity index (χ4n) is 1.48. The van der Waals surface area contributed by atoms with E-state index in [-0.39, 0.29) is 6.61 Å². The Bertz CT molecular complexity index is 573. The number of nitrogens with one attached hydrogen (secondary N) is 1. The van der Waals surface area contributed by atoms with Crippen molar-refractivity contribution in [2.45, 2.75) is 11.6 Å². The summed E-state index contributed by atoms with van der Waals surface area (Å²) < 4.78 is 6.39. The van der Waals surface area contributed by atoms with Gasteiger partial charge in [-0.1, -0.05) is 41.9 Å². The summed E-state index contributed by atoms with van der Waals surface area (Å²) in [6.07, 6.45) is -0.433. The van der Waals surface area contributed by atoms with E-state index >= 15 is 0 Å². The van der Waals surface area contributed by atoms with Crippen molar-refractivity contribution < 1.29 is 9.53 Å². The zero-order valence-corrected chi connectivity index (χ0v) is 13.5. The zero-order chi connectivity index (χ0) is 15.1. The zero-order valence-electron chi connectivity index (χ0n) is 11.0. The number of benzene rings is 1. The number of thioether (sulfide) groups is 1. The molecule has 0 unspecified atom stereocenters. The predicted octanol–water partition coefficient (Wildman–Crippen LogP) is 3.25. The lowest BCUT2D eigenvalue weighted by atomic mass is 10.2. The van der Waals surface area contributed by atoms with Gasteiger partial charge in [0.15, 0.2) is 0 Å². The van der Waals surface area contributed by atoms with E-state index in [9.17, 15) is 4.79 Å². The number of aromatic nitrogens is 2. The van der Waals surface area contributed by atoms with E-state index in [0.717, 1.165) is 10.6 Å². The molecule has 1 amide bonds. The maximum absolute atomic E-state index is 11.5. The lowest BCUT2D eigenvalue weighted by Crippen LogP contribution is -2.26. The van der Waals surface area contributed by atoms with Gasteiger partial charge in [-0.15, -0.1) is 11.8 Å². The number of carbonyl (C=O) groups is 1. The molecule has 21 heavy (non-hydrogen) atoms. The van der Waals surface area contributed by atoms with Crippen LogP contribution in [-0.2, 0) is 11.3 Å². The van der Waals surface area contributed by atoms with Crippen LogP contribution in [0.1, 0.15) is 5.56 Å². The van der Waals surface area contributed by atoms with Crippen molar-refractivity contribution in [1.29, 1.82) is 0 Å². The van der Waals surface area contributed by atoms with Crippen LogP contribution in [0.2, 0.25) is 5.15 Å². The van der Waals surface area contributed by atoms with Crippen LogP contribution in [0.25, 0.3) is 0 Å². The molecule has 0 aliphatic heterocycles. The highest BCUT2D eigenvalue weighted by molar-refractivity contribution is 7.99. The van der Waals surface area contributed by atoms with Crippen LogP contribution in [0, 0.1) is 0 Å². The van der Waals surface area contributed by atoms with Gasteiger partial charge in [0.2, 0.25) is 0 Å². The van der Waals surface area contributed by atoms with Gasteiger partial charge in [-0.2, -0.15) is 9.19 Å². The molecule has 1 heterocycles. The van der Waals surface area contributed by atoms with E-state index in [1.165, 1.54) is 15.8 Å². The summed E-state index contributed by atoms with van der Waals surface area (Å²) in [5, 5.41) is 7.96. The lowest BCUT2D eigenvalue weighted by molar-refractivity contribution is 0.140. The molecule has 2 rings (SSSR count). The standard InChI is InChI=1S/C13H14ClN3O2S2/c14-11-8-12(16-17(11)20)21-7-6-15-13(18)19-9-10-4-2-1-3-5-10/h1-5,8,20H,6-7,9H2,(H,15,18). The number of rotatable bonds is 6. The van der Waals surface area contributed by atoms with E-state index in [2.05, 4.69) is 23.2 Å². The van der Waals surface area contributed by atoms with Crippen LogP contribution >= 0.6 is 36.2 Å². The molecule has 1 aromatic heterocycles. The van der Waals surface area contributed by atoms with Gasteiger partial charge in [-0.3, -0.25) is 0 Å². The Morgan fingerprint density at radius 2 is 2.19 bits per heavy atom. The molecule has 0 radical (unpaired) electrons. The van der Waals surface area contributed by atoms with Gasteiger partial charge < -0.3 is 10.1 Å². The smallest absolute Gasteiger partial charge is 0.407 e. The average Bonchev–Trinajstić information content (AvgIpc) is 2.81. The van der Waals surface area contributed by atoms with Gasteiger partial charge in [0.05, 0.1) is 0 Å². The van der Waals surface area contributed by atoms with Crippen molar-refractivity contribution in [3.05, 3.63) is 47.1 Å². The minimum absolute atomic E-state index is 0.263. The number of ether oxygens (including phenoxy) is 1. The van der Waals surface area contributed by atoms with Crippen LogP contribution < -0.4 is 5.32 Å². The molecular formula is C13H14ClN3O2S2. The van der Waals surface area contributed by atoms with Crippen LogP contribution in [-0.4, -0.2) is 27.6 Å². The molecular weight excluding hydrogens is 330 g/mol. The van der Waals surface area contributed by atoms with Crippen LogP contribution in [0.15, 0.2) is 41.4 Å². The molecule has 1 aromatic carbocycles. The summed E-state index contributed by atoms with van der Waals surface area (Å²) in [6, 6.07) is 11.2. The third kappa shape index (κ3) is 5.53. The summed E-state index contributed by atoms with van der Waals surface area (Å²) in [5.41, 5.74) is 0.955. The molecule has 2 aromatic rings. The Morgan fingerprint density at radius 1 is 1.43 bits per heavy atom. The van der Waals surface area contributed by atoms with E-state index < -0.39 is 6.09 Å². The van der Waals surface area contributed by atoms with E-state index in [0.29, 0.717) is 17.5 Å². The molecule has 0 fully saturated rings. The second-order valence-corrected chi connectivity index (χ2v) is 5.91. The largest absolute Gasteiger partial charge is 0.445 e. The predicted molar refractivity (Wildman–Crippen MR) is 87.0 cm³/mol. The normalized spacial score (nSPS) is 10.4. The van der Waals surface area contributed by atoms with Crippen molar-refractivity contribution in [3.63, 3.8) is 0 Å². The fraction of sp³-hybridized carbons (Fsp3) is 0.231. The van der Waals surface area contributed by atoms with E-state index in [4.69, 9.17) is 16.3 Å². The van der Waals surface area contributed by atoms with Crippen molar-refractivity contribution in [2.75, 3.05) is 12.3 Å². The molecule has 8 heteroatoms. The monoisotopic (exact) mass is 343 g/mol. The van der Waals surface area contributed by atoms with Gasteiger partial charge in [0, 0.05) is 18.4 Å². The first-order valence-corrected chi connectivity index (χ1v) is 7.93. The molecule has 0 spiro atoms. The summed E-state index contributed by atoms with van der Waals surface area (Å²) in [4.78, 5) is 11.5. The molecule has 0 aliphatic carbocycles. The third-order valence-electron chi connectivity index (χ3n) is 2.46. The summed E-state index contributed by atoms with van der Waals surface area (Å²) in [5.74, 6) is 0.668. The quantitative estimate of drug-likeness (QED) is 0.480. The SMILES string of the molecule is O=C(NCCSc1cc(Cl)n(S)n1)OCc1ccccc1. The molecule has 0 atom stereocenters. The first-order chi connectivity index (χ1) is 10.1. The first-order valence-electron chi connectivity index (χ1n) is 6.17. The second-order valence-electron chi connectivity index (χ2n) is 4.03. The average molecular weight is 344 g/mol. The Labute approximate surface area is 137 Å². The molecule has 112 valence electrons. The van der Waals surface area contributed by atoms with Crippen molar-refractivity contribution in [2.24, 2.45) is 0 Å². The van der Waals surface area contributed by atoms with Gasteiger partial charge in [0.25, 0.3) is 0 Å². The Kier molecular flexibility index (Phi) is 6.28. The number of thiol groups is 1. The minimum atomic E-state index is -0.433. The van der Waals surface area contributed by atoms with Gasteiger partial charge >= 0.3 is 6.09 Å². The summed E-state index contributed by atoms with van der Waals surface area (Å²) in [6.45, 7) is 0.745. The molecule has 0 saturated carbocycles. The number of hydrogen-bond donors (Lipinski definition) is 2. The van der Waals surface area contributed by atoms with Gasteiger partial charge in [-0.25, -0.2) is 4.79 Å². The van der Waals surface area contributed by atoms with Crippen molar-refractivity contribution in [3.8, 4) is 0 Å². The van der Waals surface area contributed by atoms with E-state index in [1.807, 2.05) is 30.3 Å². The highest BCUT2D eigenvalue weighted by Gasteiger charge is 2.05. The summed E-state index contributed by atoms with van der Waals surface area (Å²) >= 11 is 11.3. The van der Waals surface area contributed by atoms with Crippen molar-refractivity contribution in [1.82, 2.24) is 14.5 Å². The second kappa shape index (κ2) is 8.21. The Hall–Kier alpha value is -1.31. The topological polar surface area (TPSA) is 56.2 Å².